The number of imidazole rings is 1. The van der Waals surface area contributed by atoms with Crippen LogP contribution in [0.25, 0.3) is 5.52 Å². The van der Waals surface area contributed by atoms with Crippen LogP contribution in [0.2, 0.25) is 0 Å². The summed E-state index contributed by atoms with van der Waals surface area (Å²) in [5, 5.41) is 11.9. The molecule has 142 valence electrons. The molecule has 2 heterocycles. The Kier molecular flexibility index (Phi) is 5.70. The van der Waals surface area contributed by atoms with Crippen LogP contribution >= 0.6 is 0 Å². The van der Waals surface area contributed by atoms with Crippen LogP contribution in [0, 0.1) is 11.3 Å². The molecule has 7 nitrogen and oxygen atoms in total. The standard InChI is InChI=1S/C21H21N5O2/c1-3-4-12-25(2)21(28)19-24-18(17-11-7-8-13-26(17)19)20(27)23-16-10-6-5-9-15(16)14-22/h5-11,13H,3-4,12H2,1-2H3,(H,23,27). The van der Waals surface area contributed by atoms with E-state index in [1.807, 2.05) is 6.07 Å². The summed E-state index contributed by atoms with van der Waals surface area (Å²) in [6.07, 6.45) is 3.58. The Balaban J connectivity index is 1.97. The van der Waals surface area contributed by atoms with Crippen molar-refractivity contribution in [2.45, 2.75) is 19.8 Å². The molecule has 28 heavy (non-hydrogen) atoms. The summed E-state index contributed by atoms with van der Waals surface area (Å²) >= 11 is 0. The van der Waals surface area contributed by atoms with Crippen molar-refractivity contribution >= 4 is 23.0 Å². The number of amides is 2. The minimum absolute atomic E-state index is 0.139. The molecule has 3 aromatic rings. The SMILES string of the molecule is CCCCN(C)C(=O)c1nc(C(=O)Nc2ccccc2C#N)c2ccccn12. The van der Waals surface area contributed by atoms with E-state index in [0.29, 0.717) is 23.3 Å². The van der Waals surface area contributed by atoms with Gasteiger partial charge in [0.2, 0.25) is 5.82 Å². The number of para-hydroxylation sites is 1. The maximum absolute atomic E-state index is 12.9. The van der Waals surface area contributed by atoms with Gasteiger partial charge in [-0.1, -0.05) is 31.5 Å². The van der Waals surface area contributed by atoms with Gasteiger partial charge in [0.05, 0.1) is 16.8 Å². The number of hydrogen-bond acceptors (Lipinski definition) is 4. The van der Waals surface area contributed by atoms with Gasteiger partial charge in [-0.05, 0) is 30.7 Å². The number of nitrogens with zero attached hydrogens (tertiary/aromatic N) is 4. The van der Waals surface area contributed by atoms with E-state index in [1.165, 1.54) is 0 Å². The molecule has 0 aliphatic carbocycles. The zero-order valence-electron chi connectivity index (χ0n) is 15.8. The summed E-state index contributed by atoms with van der Waals surface area (Å²) in [5.41, 5.74) is 1.43. The van der Waals surface area contributed by atoms with Gasteiger partial charge in [-0.2, -0.15) is 5.26 Å². The highest BCUT2D eigenvalue weighted by Crippen LogP contribution is 2.19. The summed E-state index contributed by atoms with van der Waals surface area (Å²) in [7, 11) is 1.73. The van der Waals surface area contributed by atoms with Crippen molar-refractivity contribution in [2.75, 3.05) is 18.9 Å². The molecular weight excluding hydrogens is 354 g/mol. The summed E-state index contributed by atoms with van der Waals surface area (Å²) in [6.45, 7) is 2.68. The number of rotatable bonds is 6. The molecule has 0 bridgehead atoms. The van der Waals surface area contributed by atoms with Gasteiger partial charge in [-0.25, -0.2) is 4.98 Å². The number of carbonyl (C=O) groups excluding carboxylic acids is 2. The van der Waals surface area contributed by atoms with Crippen LogP contribution in [-0.2, 0) is 0 Å². The van der Waals surface area contributed by atoms with Crippen molar-refractivity contribution in [1.82, 2.24) is 14.3 Å². The third kappa shape index (κ3) is 3.71. The number of hydrogen-bond donors (Lipinski definition) is 1. The van der Waals surface area contributed by atoms with Gasteiger partial charge >= 0.3 is 0 Å². The fourth-order valence-electron chi connectivity index (χ4n) is 2.89. The molecule has 0 radical (unpaired) electrons. The molecule has 0 saturated heterocycles. The van der Waals surface area contributed by atoms with Crippen molar-refractivity contribution in [2.24, 2.45) is 0 Å². The maximum atomic E-state index is 12.9. The van der Waals surface area contributed by atoms with Crippen molar-refractivity contribution < 1.29 is 9.59 Å². The largest absolute Gasteiger partial charge is 0.339 e. The van der Waals surface area contributed by atoms with Crippen LogP contribution in [0.1, 0.15) is 46.4 Å². The molecule has 0 spiro atoms. The highest BCUT2D eigenvalue weighted by atomic mass is 16.2. The number of benzene rings is 1. The average Bonchev–Trinajstić information content (AvgIpc) is 3.11. The zero-order chi connectivity index (χ0) is 20.1. The minimum atomic E-state index is -0.471. The Morgan fingerprint density at radius 1 is 1.21 bits per heavy atom. The molecule has 0 saturated carbocycles. The van der Waals surface area contributed by atoms with Crippen molar-refractivity contribution in [3.8, 4) is 6.07 Å². The van der Waals surface area contributed by atoms with E-state index < -0.39 is 5.91 Å². The van der Waals surface area contributed by atoms with Crippen LogP contribution in [0.3, 0.4) is 0 Å². The molecule has 1 aromatic carbocycles. The fraction of sp³-hybridized carbons (Fsp3) is 0.238. The van der Waals surface area contributed by atoms with E-state index in [0.717, 1.165) is 12.8 Å². The lowest BCUT2D eigenvalue weighted by Crippen LogP contribution is -2.29. The average molecular weight is 375 g/mol. The first kappa shape index (κ1) is 19.1. The number of nitrogens with one attached hydrogen (secondary N) is 1. The second kappa shape index (κ2) is 8.35. The van der Waals surface area contributed by atoms with Crippen molar-refractivity contribution in [1.29, 1.82) is 5.26 Å². The topological polar surface area (TPSA) is 90.5 Å². The fourth-order valence-corrected chi connectivity index (χ4v) is 2.89. The van der Waals surface area contributed by atoms with Gasteiger partial charge in [0.1, 0.15) is 6.07 Å². The number of fused-ring (bicyclic) bond motifs is 1. The second-order valence-electron chi connectivity index (χ2n) is 6.43. The first-order valence-corrected chi connectivity index (χ1v) is 9.09. The Hall–Kier alpha value is -3.66. The van der Waals surface area contributed by atoms with Crippen LogP contribution in [0.5, 0.6) is 0 Å². The quantitative estimate of drug-likeness (QED) is 0.715. The summed E-state index contributed by atoms with van der Waals surface area (Å²) in [4.78, 5) is 31.6. The predicted octanol–water partition coefficient (Wildman–Crippen LogP) is 3.33. The highest BCUT2D eigenvalue weighted by Gasteiger charge is 2.23. The van der Waals surface area contributed by atoms with E-state index in [-0.39, 0.29) is 17.4 Å². The highest BCUT2D eigenvalue weighted by molar-refractivity contribution is 6.09. The predicted molar refractivity (Wildman–Crippen MR) is 106 cm³/mol. The molecule has 3 rings (SSSR count). The van der Waals surface area contributed by atoms with Gasteiger partial charge < -0.3 is 10.2 Å². The number of carbonyl (C=O) groups is 2. The van der Waals surface area contributed by atoms with Gasteiger partial charge in [0.25, 0.3) is 11.8 Å². The van der Waals surface area contributed by atoms with Gasteiger partial charge in [-0.15, -0.1) is 0 Å². The molecule has 0 aliphatic rings. The number of unbranched alkanes of at least 4 members (excludes halogenated alkanes) is 1. The van der Waals surface area contributed by atoms with Crippen LogP contribution in [-0.4, -0.2) is 39.7 Å². The molecule has 0 unspecified atom stereocenters. The Bertz CT molecular complexity index is 1060. The molecule has 0 atom stereocenters. The van der Waals surface area contributed by atoms with Crippen molar-refractivity contribution in [3.05, 3.63) is 65.7 Å². The lowest BCUT2D eigenvalue weighted by molar-refractivity contribution is 0.0780. The van der Waals surface area contributed by atoms with Gasteiger partial charge in [0, 0.05) is 19.8 Å². The summed E-state index contributed by atoms with van der Waals surface area (Å²) < 4.78 is 1.62. The van der Waals surface area contributed by atoms with E-state index in [2.05, 4.69) is 17.2 Å². The Morgan fingerprint density at radius 3 is 2.71 bits per heavy atom. The third-order valence-corrected chi connectivity index (χ3v) is 4.44. The van der Waals surface area contributed by atoms with Crippen LogP contribution in [0.4, 0.5) is 5.69 Å². The molecule has 1 N–H and O–H groups in total. The number of pyridine rings is 1. The lowest BCUT2D eigenvalue weighted by Gasteiger charge is -2.15. The molecule has 2 aromatic heterocycles. The van der Waals surface area contributed by atoms with E-state index >= 15 is 0 Å². The Morgan fingerprint density at radius 2 is 1.96 bits per heavy atom. The summed E-state index contributed by atoms with van der Waals surface area (Å²) in [6, 6.07) is 14.1. The number of nitriles is 1. The molecule has 7 heteroatoms. The Labute approximate surface area is 163 Å². The molecular formula is C21H21N5O2. The molecule has 2 amide bonds. The zero-order valence-corrected chi connectivity index (χ0v) is 15.8. The lowest BCUT2D eigenvalue weighted by atomic mass is 10.2. The van der Waals surface area contributed by atoms with E-state index in [1.54, 1.807) is 65.0 Å². The molecule has 0 fully saturated rings. The van der Waals surface area contributed by atoms with E-state index in [4.69, 9.17) is 0 Å². The van der Waals surface area contributed by atoms with Crippen LogP contribution < -0.4 is 5.32 Å². The van der Waals surface area contributed by atoms with Gasteiger partial charge in [-0.3, -0.25) is 14.0 Å². The van der Waals surface area contributed by atoms with Gasteiger partial charge in [0.15, 0.2) is 5.69 Å². The first-order valence-electron chi connectivity index (χ1n) is 9.09. The molecule has 0 aliphatic heterocycles. The smallest absolute Gasteiger partial charge is 0.289 e. The second-order valence-corrected chi connectivity index (χ2v) is 6.43. The summed E-state index contributed by atoms with van der Waals surface area (Å²) in [5.74, 6) is -0.527. The minimum Gasteiger partial charge on any atom is -0.339 e. The third-order valence-electron chi connectivity index (χ3n) is 4.44. The normalized spacial score (nSPS) is 10.5. The first-order chi connectivity index (χ1) is 13.6. The van der Waals surface area contributed by atoms with E-state index in [9.17, 15) is 14.9 Å². The maximum Gasteiger partial charge on any atom is 0.289 e. The number of aromatic nitrogens is 2. The van der Waals surface area contributed by atoms with Crippen LogP contribution in [0.15, 0.2) is 48.7 Å². The van der Waals surface area contributed by atoms with Crippen molar-refractivity contribution in [3.63, 3.8) is 0 Å². The number of anilines is 1. The monoisotopic (exact) mass is 375 g/mol.